The Labute approximate surface area is 208 Å². The molecule has 4 aromatic rings. The molecule has 0 aliphatic carbocycles. The number of rotatable bonds is 7. The number of para-hydroxylation sites is 2. The largest absolute Gasteiger partial charge is 0.496 e. The molecule has 0 bridgehead atoms. The number of anilines is 1. The Morgan fingerprint density at radius 3 is 2.17 bits per heavy atom. The lowest BCUT2D eigenvalue weighted by atomic mass is 10.1. The highest BCUT2D eigenvalue weighted by atomic mass is 16.5. The van der Waals surface area contributed by atoms with Crippen LogP contribution in [0.2, 0.25) is 0 Å². The number of hydrogen-bond acceptors (Lipinski definition) is 4. The zero-order valence-corrected chi connectivity index (χ0v) is 20.2. The molecule has 1 aromatic heterocycles. The van der Waals surface area contributed by atoms with Crippen molar-refractivity contribution in [2.24, 2.45) is 7.05 Å². The first-order chi connectivity index (χ1) is 17.4. The first kappa shape index (κ1) is 24.3. The molecule has 0 unspecified atom stereocenters. The highest BCUT2D eigenvalue weighted by Crippen LogP contribution is 2.21. The second kappa shape index (κ2) is 10.6. The Kier molecular flexibility index (Phi) is 7.15. The van der Waals surface area contributed by atoms with Gasteiger partial charge in [0.2, 0.25) is 0 Å². The van der Waals surface area contributed by atoms with Crippen molar-refractivity contribution in [3.05, 3.63) is 118 Å². The zero-order valence-electron chi connectivity index (χ0n) is 20.2. The number of hydrogen-bond donors (Lipinski definition) is 2. The van der Waals surface area contributed by atoms with E-state index in [0.29, 0.717) is 28.3 Å². The van der Waals surface area contributed by atoms with Gasteiger partial charge in [-0.3, -0.25) is 19.1 Å². The van der Waals surface area contributed by atoms with Gasteiger partial charge >= 0.3 is 0 Å². The van der Waals surface area contributed by atoms with E-state index in [1.165, 1.54) is 17.9 Å². The van der Waals surface area contributed by atoms with Gasteiger partial charge in [0, 0.05) is 18.2 Å². The molecule has 8 nitrogen and oxygen atoms in total. The molecule has 8 heteroatoms. The average Bonchev–Trinajstić information content (AvgIpc) is 3.12. The van der Waals surface area contributed by atoms with Crippen LogP contribution in [0.25, 0.3) is 11.8 Å². The summed E-state index contributed by atoms with van der Waals surface area (Å²) in [6, 6.07) is 24.8. The standard InChI is InChI=1S/C28H26N4O4/c1-19-25(28(35)32(31(19)2)22-15-8-5-9-16-22)30-27(34)23(18-21-14-10-11-17-24(21)36-3)29-26(33)20-12-6-4-7-13-20/h4-18H,1-3H3,(H,29,33)(H,30,34). The van der Waals surface area contributed by atoms with Crippen LogP contribution < -0.4 is 20.9 Å². The normalized spacial score (nSPS) is 11.1. The van der Waals surface area contributed by atoms with E-state index in [-0.39, 0.29) is 16.9 Å². The Morgan fingerprint density at radius 1 is 0.889 bits per heavy atom. The summed E-state index contributed by atoms with van der Waals surface area (Å²) in [6.07, 6.45) is 1.52. The summed E-state index contributed by atoms with van der Waals surface area (Å²) < 4.78 is 8.53. The summed E-state index contributed by atoms with van der Waals surface area (Å²) in [7, 11) is 3.26. The minimum absolute atomic E-state index is 0.0396. The van der Waals surface area contributed by atoms with Gasteiger partial charge in [0.25, 0.3) is 17.4 Å². The highest BCUT2D eigenvalue weighted by molar-refractivity contribution is 6.11. The number of methoxy groups -OCH3 is 1. The van der Waals surface area contributed by atoms with E-state index in [9.17, 15) is 14.4 Å². The van der Waals surface area contributed by atoms with Crippen LogP contribution in [0.1, 0.15) is 21.6 Å². The number of nitrogens with one attached hydrogen (secondary N) is 2. The van der Waals surface area contributed by atoms with E-state index in [4.69, 9.17) is 4.74 Å². The molecule has 0 spiro atoms. The van der Waals surface area contributed by atoms with E-state index in [2.05, 4.69) is 10.6 Å². The Morgan fingerprint density at radius 2 is 1.50 bits per heavy atom. The Hall–Kier alpha value is -4.85. The van der Waals surface area contributed by atoms with Crippen molar-refractivity contribution >= 4 is 23.6 Å². The minimum atomic E-state index is -0.642. The third-order valence-electron chi connectivity index (χ3n) is 5.76. The first-order valence-electron chi connectivity index (χ1n) is 11.3. The quantitative estimate of drug-likeness (QED) is 0.391. The number of carbonyl (C=O) groups excluding carboxylic acids is 2. The number of amides is 2. The van der Waals surface area contributed by atoms with Gasteiger partial charge in [-0.05, 0) is 43.3 Å². The Bertz CT molecular complexity index is 1490. The number of ether oxygens (including phenoxy) is 1. The van der Waals surface area contributed by atoms with Crippen molar-refractivity contribution in [3.63, 3.8) is 0 Å². The smallest absolute Gasteiger partial charge is 0.295 e. The number of nitrogens with zero attached hydrogens (tertiary/aromatic N) is 2. The van der Waals surface area contributed by atoms with Gasteiger partial charge < -0.3 is 15.4 Å². The van der Waals surface area contributed by atoms with E-state index in [0.717, 1.165) is 0 Å². The number of benzene rings is 3. The summed E-state index contributed by atoms with van der Waals surface area (Å²) in [5.74, 6) is -0.575. The topological polar surface area (TPSA) is 94.4 Å². The van der Waals surface area contributed by atoms with E-state index >= 15 is 0 Å². The molecular weight excluding hydrogens is 456 g/mol. The molecule has 0 fully saturated rings. The van der Waals surface area contributed by atoms with Crippen molar-refractivity contribution in [2.45, 2.75) is 6.92 Å². The molecule has 1 heterocycles. The van der Waals surface area contributed by atoms with Crippen LogP contribution in [-0.2, 0) is 11.8 Å². The van der Waals surface area contributed by atoms with Crippen LogP contribution in [-0.4, -0.2) is 28.3 Å². The second-order valence-corrected chi connectivity index (χ2v) is 8.01. The van der Waals surface area contributed by atoms with Crippen LogP contribution in [0.3, 0.4) is 0 Å². The second-order valence-electron chi connectivity index (χ2n) is 8.01. The van der Waals surface area contributed by atoms with E-state index < -0.39 is 11.8 Å². The van der Waals surface area contributed by atoms with Gasteiger partial charge in [0.15, 0.2) is 0 Å². The van der Waals surface area contributed by atoms with Gasteiger partial charge in [-0.15, -0.1) is 0 Å². The molecule has 0 saturated carbocycles. The van der Waals surface area contributed by atoms with Crippen molar-refractivity contribution in [3.8, 4) is 11.4 Å². The van der Waals surface area contributed by atoms with Crippen LogP contribution in [0.4, 0.5) is 5.69 Å². The summed E-state index contributed by atoms with van der Waals surface area (Å²) in [5.41, 5.74) is 1.89. The highest BCUT2D eigenvalue weighted by Gasteiger charge is 2.21. The molecule has 3 aromatic carbocycles. The van der Waals surface area contributed by atoms with Crippen molar-refractivity contribution in [1.82, 2.24) is 14.7 Å². The monoisotopic (exact) mass is 482 g/mol. The molecular formula is C28H26N4O4. The van der Waals surface area contributed by atoms with Crippen molar-refractivity contribution < 1.29 is 14.3 Å². The average molecular weight is 483 g/mol. The van der Waals surface area contributed by atoms with Crippen LogP contribution >= 0.6 is 0 Å². The third kappa shape index (κ3) is 4.97. The molecule has 182 valence electrons. The molecule has 0 saturated heterocycles. The molecule has 0 atom stereocenters. The van der Waals surface area contributed by atoms with Gasteiger partial charge in [0.1, 0.15) is 17.1 Å². The lowest BCUT2D eigenvalue weighted by molar-refractivity contribution is -0.113. The maximum Gasteiger partial charge on any atom is 0.295 e. The summed E-state index contributed by atoms with van der Waals surface area (Å²) in [6.45, 7) is 1.74. The molecule has 36 heavy (non-hydrogen) atoms. The van der Waals surface area contributed by atoms with E-state index in [1.54, 1.807) is 85.4 Å². The van der Waals surface area contributed by atoms with Crippen LogP contribution in [0.5, 0.6) is 5.75 Å². The van der Waals surface area contributed by atoms with Crippen molar-refractivity contribution in [2.75, 3.05) is 12.4 Å². The number of aromatic nitrogens is 2. The molecule has 4 rings (SSSR count). The lowest BCUT2D eigenvalue weighted by Crippen LogP contribution is -2.32. The SMILES string of the molecule is COc1ccccc1C=C(NC(=O)c1ccccc1)C(=O)Nc1c(C)n(C)n(-c2ccccc2)c1=O. The fourth-order valence-corrected chi connectivity index (χ4v) is 3.78. The predicted molar refractivity (Wildman–Crippen MR) is 139 cm³/mol. The van der Waals surface area contributed by atoms with Gasteiger partial charge in [-0.1, -0.05) is 54.6 Å². The molecule has 0 aliphatic rings. The first-order valence-corrected chi connectivity index (χ1v) is 11.3. The predicted octanol–water partition coefficient (Wildman–Crippen LogP) is 3.90. The molecule has 2 amide bonds. The fourth-order valence-electron chi connectivity index (χ4n) is 3.78. The number of carbonyl (C=O) groups is 2. The zero-order chi connectivity index (χ0) is 25.7. The summed E-state index contributed by atoms with van der Waals surface area (Å²) in [5, 5.41) is 5.39. The minimum Gasteiger partial charge on any atom is -0.496 e. The maximum absolute atomic E-state index is 13.5. The van der Waals surface area contributed by atoms with Gasteiger partial charge in [-0.25, -0.2) is 4.68 Å². The van der Waals surface area contributed by atoms with E-state index in [1.807, 2.05) is 18.2 Å². The molecule has 0 radical (unpaired) electrons. The van der Waals surface area contributed by atoms with Crippen LogP contribution in [0, 0.1) is 6.92 Å². The molecule has 2 N–H and O–H groups in total. The summed E-state index contributed by atoms with van der Waals surface area (Å²) in [4.78, 5) is 39.6. The van der Waals surface area contributed by atoms with Crippen LogP contribution in [0.15, 0.2) is 95.4 Å². The van der Waals surface area contributed by atoms with Crippen molar-refractivity contribution in [1.29, 1.82) is 0 Å². The van der Waals surface area contributed by atoms with Gasteiger partial charge in [0.05, 0.1) is 18.5 Å². The lowest BCUT2D eigenvalue weighted by Gasteiger charge is -2.12. The summed E-state index contributed by atoms with van der Waals surface area (Å²) >= 11 is 0. The third-order valence-corrected chi connectivity index (χ3v) is 5.76. The Balaban J connectivity index is 1.72. The fraction of sp³-hybridized carbons (Fsp3) is 0.107. The molecule has 0 aliphatic heterocycles. The van der Waals surface area contributed by atoms with Gasteiger partial charge in [-0.2, -0.15) is 0 Å². The maximum atomic E-state index is 13.5.